The third-order valence-corrected chi connectivity index (χ3v) is 9.94. The van der Waals surface area contributed by atoms with Crippen LogP contribution in [-0.4, -0.2) is 48.6 Å². The highest BCUT2D eigenvalue weighted by Gasteiger charge is 2.13. The van der Waals surface area contributed by atoms with Crippen LogP contribution in [0.1, 0.15) is 5.56 Å². The number of nitrogens with zero attached hydrogens (tertiary/aromatic N) is 9. The molecule has 0 aliphatic carbocycles. The second-order valence-corrected chi connectivity index (χ2v) is 13.9. The van der Waals surface area contributed by atoms with Gasteiger partial charge >= 0.3 is 0 Å². The van der Waals surface area contributed by atoms with Crippen LogP contribution in [-0.2, 0) is 0 Å². The predicted octanol–water partition coefficient (Wildman–Crippen LogP) is 10.9. The molecule has 10 nitrogen and oxygen atoms in total. The number of aromatic nitrogens is 10. The topological polar surface area (TPSA) is 100.0 Å². The van der Waals surface area contributed by atoms with Gasteiger partial charge in [-0.25, -0.2) is 37.5 Å². The number of benzene rings is 6. The van der Waals surface area contributed by atoms with E-state index in [4.69, 9.17) is 0 Å². The summed E-state index contributed by atoms with van der Waals surface area (Å²) in [6, 6.07) is 43.1. The largest absolute Gasteiger partial charge is 0.351 e. The van der Waals surface area contributed by atoms with Gasteiger partial charge in [0.15, 0.2) is 0 Å². The molecular formula is C48H35F3N10. The molecule has 0 radical (unpaired) electrons. The van der Waals surface area contributed by atoms with Crippen molar-refractivity contribution in [2.24, 2.45) is 0 Å². The maximum absolute atomic E-state index is 13.3. The quantitative estimate of drug-likeness (QED) is 0.180. The first-order valence-corrected chi connectivity index (χ1v) is 19.2. The molecule has 5 aromatic heterocycles. The predicted molar refractivity (Wildman–Crippen MR) is 230 cm³/mol. The number of nitrogens with one attached hydrogen (secondary N) is 1. The Labute approximate surface area is 347 Å². The van der Waals surface area contributed by atoms with Crippen molar-refractivity contribution in [3.63, 3.8) is 0 Å². The number of fused-ring (bicyclic) bond motifs is 2. The summed E-state index contributed by atoms with van der Waals surface area (Å²) in [5, 5.41) is 8.88. The highest BCUT2D eigenvalue weighted by atomic mass is 19.1. The van der Waals surface area contributed by atoms with E-state index in [0.29, 0.717) is 0 Å². The Bertz CT molecular complexity index is 2940. The lowest BCUT2D eigenvalue weighted by Gasteiger charge is -2.09. The second kappa shape index (κ2) is 16.9. The first-order valence-electron chi connectivity index (χ1n) is 19.2. The van der Waals surface area contributed by atoms with Gasteiger partial charge in [0.2, 0.25) is 0 Å². The van der Waals surface area contributed by atoms with Crippen molar-refractivity contribution in [2.45, 2.75) is 6.92 Å². The van der Waals surface area contributed by atoms with Crippen molar-refractivity contribution in [1.82, 2.24) is 48.6 Å². The van der Waals surface area contributed by atoms with Crippen LogP contribution in [0.4, 0.5) is 13.2 Å². The van der Waals surface area contributed by atoms with E-state index in [0.717, 1.165) is 67.3 Å². The van der Waals surface area contributed by atoms with Gasteiger partial charge in [-0.15, -0.1) is 0 Å². The molecule has 1 N–H and O–H groups in total. The van der Waals surface area contributed by atoms with Crippen LogP contribution in [0.15, 0.2) is 189 Å². The summed E-state index contributed by atoms with van der Waals surface area (Å²) in [4.78, 5) is 15.3. The van der Waals surface area contributed by atoms with Gasteiger partial charge in [-0.05, 0) is 128 Å². The van der Waals surface area contributed by atoms with Gasteiger partial charge in [0.25, 0.3) is 0 Å². The molecule has 6 aromatic carbocycles. The molecule has 0 fully saturated rings. The van der Waals surface area contributed by atoms with E-state index in [2.05, 4.69) is 67.4 Å². The Morgan fingerprint density at radius 1 is 0.459 bits per heavy atom. The molecule has 0 bridgehead atoms. The number of halogens is 3. The minimum absolute atomic E-state index is 0.254. The zero-order valence-electron chi connectivity index (χ0n) is 32.6. The van der Waals surface area contributed by atoms with E-state index >= 15 is 0 Å². The molecule has 298 valence electrons. The number of H-pyrrole nitrogens is 1. The van der Waals surface area contributed by atoms with Gasteiger partial charge in [0.1, 0.15) is 30.1 Å². The summed E-state index contributed by atoms with van der Waals surface area (Å²) >= 11 is 0. The zero-order valence-corrected chi connectivity index (χ0v) is 32.6. The van der Waals surface area contributed by atoms with Crippen LogP contribution in [0.25, 0.3) is 67.3 Å². The first kappa shape index (κ1) is 38.2. The fraction of sp³-hybridized carbons (Fsp3) is 0.0208. The third kappa shape index (κ3) is 8.21. The monoisotopic (exact) mass is 808 g/mol. The highest BCUT2D eigenvalue weighted by molar-refractivity contribution is 5.84. The number of imidazole rings is 3. The van der Waals surface area contributed by atoms with Crippen LogP contribution in [0, 0.1) is 24.4 Å². The van der Waals surface area contributed by atoms with Crippen LogP contribution >= 0.6 is 0 Å². The molecule has 0 spiro atoms. The first-order chi connectivity index (χ1) is 29.9. The molecule has 0 atom stereocenters. The van der Waals surface area contributed by atoms with Crippen LogP contribution < -0.4 is 0 Å². The standard InChI is InChI=1S/C23H17FN4.C22H14F2N4.C3H4N2/c1-16-2-7-20(8-3-16)28-22(12-13-26-28)17-4-11-21-23(14-17)27(15-25-21)19-9-5-18(24)6-10-19;23-16-2-6-18(7-3-16)27-14-25-20-10-1-15(13-22(20)27)21-11-12-26-28(21)19-8-4-17(24)5-9-19;1-2-5-3-4-1/h2-15H,1H3;1-14H;1-3H,(H,4,5). The van der Waals surface area contributed by atoms with Gasteiger partial charge < -0.3 is 4.98 Å². The molecule has 5 heterocycles. The Balaban J connectivity index is 0.000000140. The number of rotatable bonds is 6. The van der Waals surface area contributed by atoms with E-state index in [9.17, 15) is 13.2 Å². The number of hydrogen-bond acceptors (Lipinski definition) is 5. The smallest absolute Gasteiger partial charge is 0.123 e. The van der Waals surface area contributed by atoms with E-state index in [-0.39, 0.29) is 17.5 Å². The van der Waals surface area contributed by atoms with Crippen LogP contribution in [0.2, 0.25) is 0 Å². The Morgan fingerprint density at radius 2 is 0.885 bits per heavy atom. The average molecular weight is 809 g/mol. The van der Waals surface area contributed by atoms with Gasteiger partial charge in [-0.2, -0.15) is 10.2 Å². The molecule has 0 aliphatic rings. The van der Waals surface area contributed by atoms with E-state index < -0.39 is 0 Å². The Hall–Kier alpha value is -8.32. The average Bonchev–Trinajstić information content (AvgIpc) is 4.15. The molecule has 11 rings (SSSR count). The molecule has 0 saturated heterocycles. The molecule has 0 aliphatic heterocycles. The minimum atomic E-state index is -0.290. The molecular weight excluding hydrogens is 774 g/mol. The van der Waals surface area contributed by atoms with Crippen molar-refractivity contribution < 1.29 is 13.2 Å². The molecule has 11 aromatic rings. The van der Waals surface area contributed by atoms with Gasteiger partial charge in [-0.3, -0.25) is 9.13 Å². The summed E-state index contributed by atoms with van der Waals surface area (Å²) in [6.45, 7) is 2.07. The Morgan fingerprint density at radius 3 is 1.28 bits per heavy atom. The third-order valence-electron chi connectivity index (χ3n) is 9.94. The lowest BCUT2D eigenvalue weighted by molar-refractivity contribution is 0.626. The fourth-order valence-electron chi connectivity index (χ4n) is 6.89. The summed E-state index contributed by atoms with van der Waals surface area (Å²) in [5.74, 6) is -0.824. The molecule has 61 heavy (non-hydrogen) atoms. The molecule has 0 amide bonds. The summed E-state index contributed by atoms with van der Waals surface area (Å²) in [5.41, 5.74) is 12.1. The summed E-state index contributed by atoms with van der Waals surface area (Å²) in [6.07, 6.45) is 12.1. The second-order valence-electron chi connectivity index (χ2n) is 13.9. The van der Waals surface area contributed by atoms with E-state index in [1.165, 1.54) is 42.0 Å². The van der Waals surface area contributed by atoms with Crippen molar-refractivity contribution in [3.05, 3.63) is 212 Å². The lowest BCUT2D eigenvalue weighted by Crippen LogP contribution is -1.99. The maximum Gasteiger partial charge on any atom is 0.123 e. The molecule has 0 saturated carbocycles. The molecule has 13 heteroatoms. The van der Waals surface area contributed by atoms with Crippen molar-refractivity contribution in [1.29, 1.82) is 0 Å². The SMILES string of the molecule is Cc1ccc(-n2nccc2-c2ccc3ncn(-c4ccc(F)cc4)c3c2)cc1.Fc1ccc(-n2nccc2-c2ccc3ncn(-c4ccc(F)cc4)c3c2)cc1.c1c[nH]cn1. The highest BCUT2D eigenvalue weighted by Crippen LogP contribution is 2.29. The van der Waals surface area contributed by atoms with E-state index in [1.54, 1.807) is 84.8 Å². The number of aryl methyl sites for hydroxylation is 1. The van der Waals surface area contributed by atoms with Crippen molar-refractivity contribution in [2.75, 3.05) is 0 Å². The maximum atomic E-state index is 13.3. The summed E-state index contributed by atoms with van der Waals surface area (Å²) in [7, 11) is 0. The van der Waals surface area contributed by atoms with Crippen molar-refractivity contribution >= 4 is 22.1 Å². The molecule has 0 unspecified atom stereocenters. The summed E-state index contributed by atoms with van der Waals surface area (Å²) < 4.78 is 47.4. The van der Waals surface area contributed by atoms with E-state index in [1.807, 2.05) is 56.3 Å². The van der Waals surface area contributed by atoms with Crippen LogP contribution in [0.5, 0.6) is 0 Å². The zero-order chi connectivity index (χ0) is 41.7. The van der Waals surface area contributed by atoms with Gasteiger partial charge in [-0.1, -0.05) is 29.8 Å². The fourth-order valence-corrected chi connectivity index (χ4v) is 6.89. The minimum Gasteiger partial charge on any atom is -0.351 e. The van der Waals surface area contributed by atoms with Crippen molar-refractivity contribution in [3.8, 4) is 45.3 Å². The van der Waals surface area contributed by atoms with Gasteiger partial charge in [0, 0.05) is 34.9 Å². The number of aromatic amines is 1. The Kier molecular flexibility index (Phi) is 10.6. The lowest BCUT2D eigenvalue weighted by atomic mass is 10.1. The van der Waals surface area contributed by atoms with Crippen LogP contribution in [0.3, 0.4) is 0 Å². The normalized spacial score (nSPS) is 11.0. The van der Waals surface area contributed by atoms with Gasteiger partial charge in [0.05, 0.1) is 63.6 Å². The number of hydrogen-bond donors (Lipinski definition) is 1.